The molecule has 2 rings (SSSR count). The van der Waals surface area contributed by atoms with Gasteiger partial charge in [-0.15, -0.1) is 0 Å². The van der Waals surface area contributed by atoms with E-state index in [-0.39, 0.29) is 0 Å². The maximum Gasteiger partial charge on any atom is 0.0395 e. The third-order valence-electron chi connectivity index (χ3n) is 3.06. The van der Waals surface area contributed by atoms with Gasteiger partial charge in [0.2, 0.25) is 0 Å². The number of nitrogens with zero attached hydrogens (tertiary/aromatic N) is 1. The van der Waals surface area contributed by atoms with Crippen LogP contribution < -0.4 is 5.32 Å². The number of rotatable bonds is 5. The second-order valence-electron chi connectivity index (χ2n) is 4.16. The van der Waals surface area contributed by atoms with Gasteiger partial charge in [-0.3, -0.25) is 4.98 Å². The number of aromatic nitrogens is 1. The number of hydrogen-bond donors (Lipinski definition) is 1. The molecular weight excluding hydrogens is 228 g/mol. The molecule has 0 spiro atoms. The van der Waals surface area contributed by atoms with Crippen LogP contribution in [0.4, 0.5) is 0 Å². The molecule has 0 amide bonds. The van der Waals surface area contributed by atoms with Gasteiger partial charge in [-0.1, -0.05) is 13.8 Å². The SMILES string of the molecule is CCNC(c1ccsc1)C(C)c1ccncc1. The zero-order chi connectivity index (χ0) is 12.1. The topological polar surface area (TPSA) is 24.9 Å². The zero-order valence-corrected chi connectivity index (χ0v) is 11.1. The summed E-state index contributed by atoms with van der Waals surface area (Å²) in [6.07, 6.45) is 3.73. The van der Waals surface area contributed by atoms with Crippen molar-refractivity contribution >= 4 is 11.3 Å². The Bertz CT molecular complexity index is 425. The monoisotopic (exact) mass is 246 g/mol. The molecule has 2 aromatic rings. The Kier molecular flexibility index (Phi) is 4.29. The first-order valence-electron chi connectivity index (χ1n) is 5.98. The molecule has 1 N–H and O–H groups in total. The first-order chi connectivity index (χ1) is 8.33. The first kappa shape index (κ1) is 12.3. The lowest BCUT2D eigenvalue weighted by molar-refractivity contribution is 0.480. The Morgan fingerprint density at radius 1 is 1.24 bits per heavy atom. The van der Waals surface area contributed by atoms with Crippen molar-refractivity contribution in [1.29, 1.82) is 0 Å². The minimum atomic E-state index is 0.383. The Hall–Kier alpha value is -1.19. The van der Waals surface area contributed by atoms with Crippen LogP contribution in [0.1, 0.15) is 36.9 Å². The number of hydrogen-bond acceptors (Lipinski definition) is 3. The summed E-state index contributed by atoms with van der Waals surface area (Å²) in [6.45, 7) is 5.40. The third kappa shape index (κ3) is 2.93. The van der Waals surface area contributed by atoms with Gasteiger partial charge in [0.05, 0.1) is 0 Å². The van der Waals surface area contributed by atoms with Gasteiger partial charge in [0, 0.05) is 24.4 Å². The van der Waals surface area contributed by atoms with Crippen molar-refractivity contribution in [2.45, 2.75) is 25.8 Å². The molecule has 2 atom stereocenters. The summed E-state index contributed by atoms with van der Waals surface area (Å²) in [5, 5.41) is 7.93. The minimum absolute atomic E-state index is 0.383. The molecule has 0 aliphatic rings. The molecule has 3 heteroatoms. The maximum absolute atomic E-state index is 4.08. The van der Waals surface area contributed by atoms with Crippen LogP contribution in [-0.4, -0.2) is 11.5 Å². The summed E-state index contributed by atoms with van der Waals surface area (Å²) in [6, 6.07) is 6.78. The van der Waals surface area contributed by atoms with Crippen LogP contribution in [0.2, 0.25) is 0 Å². The van der Waals surface area contributed by atoms with Crippen LogP contribution in [-0.2, 0) is 0 Å². The third-order valence-corrected chi connectivity index (χ3v) is 3.76. The van der Waals surface area contributed by atoms with Crippen molar-refractivity contribution in [3.63, 3.8) is 0 Å². The summed E-state index contributed by atoms with van der Waals surface area (Å²) in [7, 11) is 0. The maximum atomic E-state index is 4.08. The molecule has 2 unspecified atom stereocenters. The molecule has 0 saturated carbocycles. The Morgan fingerprint density at radius 3 is 2.59 bits per heavy atom. The molecule has 0 aliphatic carbocycles. The van der Waals surface area contributed by atoms with Crippen LogP contribution >= 0.6 is 11.3 Å². The number of likely N-dealkylation sites (N-methyl/N-ethyl adjacent to an activating group) is 1. The fourth-order valence-electron chi connectivity index (χ4n) is 2.11. The summed E-state index contributed by atoms with van der Waals surface area (Å²) in [5.74, 6) is 0.451. The van der Waals surface area contributed by atoms with Crippen molar-refractivity contribution in [3.8, 4) is 0 Å². The summed E-state index contributed by atoms with van der Waals surface area (Å²) in [4.78, 5) is 4.08. The van der Waals surface area contributed by atoms with Crippen LogP contribution in [0, 0.1) is 0 Å². The van der Waals surface area contributed by atoms with Crippen molar-refractivity contribution in [1.82, 2.24) is 10.3 Å². The van der Waals surface area contributed by atoms with E-state index in [1.54, 1.807) is 11.3 Å². The van der Waals surface area contributed by atoms with E-state index in [1.165, 1.54) is 11.1 Å². The van der Waals surface area contributed by atoms with Crippen molar-refractivity contribution in [2.24, 2.45) is 0 Å². The quantitative estimate of drug-likeness (QED) is 0.872. The van der Waals surface area contributed by atoms with Crippen molar-refractivity contribution in [2.75, 3.05) is 6.54 Å². The van der Waals surface area contributed by atoms with Gasteiger partial charge in [0.1, 0.15) is 0 Å². The summed E-state index contributed by atoms with van der Waals surface area (Å²) >= 11 is 1.75. The number of nitrogens with one attached hydrogen (secondary N) is 1. The lowest BCUT2D eigenvalue weighted by atomic mass is 9.90. The normalized spacial score (nSPS) is 14.5. The van der Waals surface area contributed by atoms with Gasteiger partial charge in [0.15, 0.2) is 0 Å². The van der Waals surface area contributed by atoms with E-state index in [2.05, 4.69) is 53.1 Å². The van der Waals surface area contributed by atoms with E-state index in [9.17, 15) is 0 Å². The number of thiophene rings is 1. The summed E-state index contributed by atoms with van der Waals surface area (Å²) in [5.41, 5.74) is 2.71. The Morgan fingerprint density at radius 2 is 2.00 bits per heavy atom. The van der Waals surface area contributed by atoms with Crippen LogP contribution in [0.15, 0.2) is 41.4 Å². The average Bonchev–Trinajstić information content (AvgIpc) is 2.90. The fraction of sp³-hybridized carbons (Fsp3) is 0.357. The number of pyridine rings is 1. The van der Waals surface area contributed by atoms with Gasteiger partial charge < -0.3 is 5.32 Å². The van der Waals surface area contributed by atoms with E-state index in [1.807, 2.05) is 12.4 Å². The van der Waals surface area contributed by atoms with E-state index in [0.29, 0.717) is 12.0 Å². The molecule has 2 aromatic heterocycles. The molecule has 0 saturated heterocycles. The molecule has 17 heavy (non-hydrogen) atoms. The van der Waals surface area contributed by atoms with Gasteiger partial charge in [-0.2, -0.15) is 11.3 Å². The second-order valence-corrected chi connectivity index (χ2v) is 4.94. The predicted molar refractivity (Wildman–Crippen MR) is 73.4 cm³/mol. The average molecular weight is 246 g/mol. The van der Waals surface area contributed by atoms with E-state index in [4.69, 9.17) is 0 Å². The molecule has 90 valence electrons. The van der Waals surface area contributed by atoms with E-state index in [0.717, 1.165) is 6.54 Å². The van der Waals surface area contributed by atoms with Crippen molar-refractivity contribution < 1.29 is 0 Å². The van der Waals surface area contributed by atoms with Gasteiger partial charge in [-0.25, -0.2) is 0 Å². The largest absolute Gasteiger partial charge is 0.310 e. The van der Waals surface area contributed by atoms with E-state index < -0.39 is 0 Å². The highest BCUT2D eigenvalue weighted by Gasteiger charge is 2.19. The second kappa shape index (κ2) is 5.94. The lowest BCUT2D eigenvalue weighted by Crippen LogP contribution is -2.25. The molecule has 0 aliphatic heterocycles. The predicted octanol–water partition coefficient (Wildman–Crippen LogP) is 3.60. The highest BCUT2D eigenvalue weighted by molar-refractivity contribution is 7.07. The van der Waals surface area contributed by atoms with Crippen LogP contribution in [0.25, 0.3) is 0 Å². The fourth-order valence-corrected chi connectivity index (χ4v) is 2.81. The van der Waals surface area contributed by atoms with E-state index >= 15 is 0 Å². The molecule has 0 radical (unpaired) electrons. The molecule has 2 heterocycles. The van der Waals surface area contributed by atoms with Gasteiger partial charge in [0.25, 0.3) is 0 Å². The highest BCUT2D eigenvalue weighted by atomic mass is 32.1. The van der Waals surface area contributed by atoms with Crippen LogP contribution in [0.5, 0.6) is 0 Å². The minimum Gasteiger partial charge on any atom is -0.310 e. The standard InChI is InChI=1S/C14H18N2S/c1-3-16-14(13-6-9-17-10-13)11(2)12-4-7-15-8-5-12/h4-11,14,16H,3H2,1-2H3. The van der Waals surface area contributed by atoms with Crippen molar-refractivity contribution in [3.05, 3.63) is 52.5 Å². The summed E-state index contributed by atoms with van der Waals surface area (Å²) < 4.78 is 0. The lowest BCUT2D eigenvalue weighted by Gasteiger charge is -2.24. The zero-order valence-electron chi connectivity index (χ0n) is 10.3. The Balaban J connectivity index is 2.22. The molecule has 0 bridgehead atoms. The molecule has 0 fully saturated rings. The smallest absolute Gasteiger partial charge is 0.0395 e. The first-order valence-corrected chi connectivity index (χ1v) is 6.92. The van der Waals surface area contributed by atoms with Gasteiger partial charge >= 0.3 is 0 Å². The van der Waals surface area contributed by atoms with Gasteiger partial charge in [-0.05, 0) is 46.6 Å². The molecule has 0 aromatic carbocycles. The molecular formula is C14H18N2S. The van der Waals surface area contributed by atoms with Crippen LogP contribution in [0.3, 0.4) is 0 Å². The Labute approximate surface area is 107 Å². The molecule has 2 nitrogen and oxygen atoms in total. The highest BCUT2D eigenvalue weighted by Crippen LogP contribution is 2.31.